The summed E-state index contributed by atoms with van der Waals surface area (Å²) in [6.07, 6.45) is 0.964. The van der Waals surface area contributed by atoms with Gasteiger partial charge in [0.1, 0.15) is 5.75 Å². The summed E-state index contributed by atoms with van der Waals surface area (Å²) in [4.78, 5) is 14.2. The smallest absolute Gasteiger partial charge is 0.261 e. The van der Waals surface area contributed by atoms with E-state index >= 15 is 0 Å². The van der Waals surface area contributed by atoms with Crippen LogP contribution < -0.4 is 10.1 Å². The number of rotatable bonds is 5. The van der Waals surface area contributed by atoms with Gasteiger partial charge in [-0.1, -0.05) is 19.1 Å². The van der Waals surface area contributed by atoms with Crippen molar-refractivity contribution in [3.8, 4) is 5.75 Å². The van der Waals surface area contributed by atoms with Crippen LogP contribution in [0.1, 0.15) is 40.0 Å². The number of nitrogens with one attached hydrogen (secondary N) is 1. The molecule has 1 atom stereocenters. The Bertz CT molecular complexity index is 574. The second-order valence-corrected chi connectivity index (χ2v) is 5.76. The molecule has 0 spiro atoms. The lowest BCUT2D eigenvalue weighted by Crippen LogP contribution is -2.25. The molecule has 0 fully saturated rings. The number of hydrogen-bond donors (Lipinski definition) is 1. The molecule has 0 aliphatic carbocycles. The van der Waals surface area contributed by atoms with E-state index in [1.165, 1.54) is 4.88 Å². The molecule has 4 heteroatoms. The molecule has 3 nitrogen and oxygen atoms in total. The summed E-state index contributed by atoms with van der Waals surface area (Å²) in [5.74, 6) is 0.802. The van der Waals surface area contributed by atoms with Crippen molar-refractivity contribution in [3.63, 3.8) is 0 Å². The fraction of sp³-hybridized carbons (Fsp3) is 0.312. The molecular formula is C16H19NO2S. The van der Waals surface area contributed by atoms with Crippen LogP contribution in [-0.4, -0.2) is 13.0 Å². The molecule has 2 rings (SSSR count). The van der Waals surface area contributed by atoms with E-state index in [2.05, 4.69) is 12.2 Å². The topological polar surface area (TPSA) is 38.3 Å². The Hall–Kier alpha value is -1.81. The van der Waals surface area contributed by atoms with Crippen molar-refractivity contribution in [3.05, 3.63) is 51.7 Å². The number of ether oxygens (including phenoxy) is 1. The predicted octanol–water partition coefficient (Wildman–Crippen LogP) is 3.81. The first-order chi connectivity index (χ1) is 9.63. The van der Waals surface area contributed by atoms with Gasteiger partial charge in [-0.15, -0.1) is 11.3 Å². The molecule has 0 aliphatic rings. The Morgan fingerprint density at radius 1 is 1.25 bits per heavy atom. The number of amides is 1. The fourth-order valence-electron chi connectivity index (χ4n) is 1.93. The van der Waals surface area contributed by atoms with E-state index in [1.807, 2.05) is 43.3 Å². The monoisotopic (exact) mass is 289 g/mol. The summed E-state index contributed by atoms with van der Waals surface area (Å²) in [6.45, 7) is 4.07. The lowest BCUT2D eigenvalue weighted by atomic mass is 10.1. The number of thiophene rings is 1. The largest absolute Gasteiger partial charge is 0.497 e. The van der Waals surface area contributed by atoms with E-state index in [0.29, 0.717) is 0 Å². The zero-order chi connectivity index (χ0) is 14.5. The highest BCUT2D eigenvalue weighted by Gasteiger charge is 2.13. The molecule has 1 heterocycles. The molecule has 1 N–H and O–H groups in total. The van der Waals surface area contributed by atoms with Crippen LogP contribution in [0.15, 0.2) is 36.4 Å². The van der Waals surface area contributed by atoms with Gasteiger partial charge in [-0.3, -0.25) is 4.79 Å². The number of methoxy groups -OCH3 is 1. The van der Waals surface area contributed by atoms with Gasteiger partial charge < -0.3 is 10.1 Å². The summed E-state index contributed by atoms with van der Waals surface area (Å²) in [5, 5.41) is 3.02. The third kappa shape index (κ3) is 3.39. The van der Waals surface area contributed by atoms with Crippen LogP contribution in [0.2, 0.25) is 0 Å². The Labute approximate surface area is 123 Å². The highest BCUT2D eigenvalue weighted by Crippen LogP contribution is 2.20. The number of aryl methyl sites for hydroxylation is 1. The summed E-state index contributed by atoms with van der Waals surface area (Å²) in [5.41, 5.74) is 1.06. The third-order valence-electron chi connectivity index (χ3n) is 3.20. The van der Waals surface area contributed by atoms with Gasteiger partial charge in [-0.25, -0.2) is 0 Å². The minimum Gasteiger partial charge on any atom is -0.497 e. The first kappa shape index (κ1) is 14.6. The summed E-state index contributed by atoms with van der Waals surface area (Å²) in [7, 11) is 1.64. The molecule has 1 aromatic carbocycles. The van der Waals surface area contributed by atoms with Crippen molar-refractivity contribution in [2.24, 2.45) is 0 Å². The van der Waals surface area contributed by atoms with Gasteiger partial charge in [0, 0.05) is 4.88 Å². The van der Waals surface area contributed by atoms with E-state index < -0.39 is 0 Å². The van der Waals surface area contributed by atoms with Crippen LogP contribution in [0.5, 0.6) is 5.75 Å². The Morgan fingerprint density at radius 3 is 2.50 bits per heavy atom. The second-order valence-electron chi connectivity index (χ2n) is 4.59. The maximum Gasteiger partial charge on any atom is 0.261 e. The standard InChI is InChI=1S/C16H19NO2S/c1-4-14-9-10-15(20-14)16(18)17-11(2)12-5-7-13(19-3)8-6-12/h5-11H,4H2,1-3H3,(H,17,18)/t11-/m0/s1. The van der Waals surface area contributed by atoms with Gasteiger partial charge in [0.25, 0.3) is 5.91 Å². The quantitative estimate of drug-likeness (QED) is 0.909. The lowest BCUT2D eigenvalue weighted by Gasteiger charge is -2.14. The summed E-state index contributed by atoms with van der Waals surface area (Å²) < 4.78 is 5.13. The Balaban J connectivity index is 2.02. The van der Waals surface area contributed by atoms with Crippen molar-refractivity contribution in [2.45, 2.75) is 26.3 Å². The summed E-state index contributed by atoms with van der Waals surface area (Å²) in [6, 6.07) is 11.6. The SMILES string of the molecule is CCc1ccc(C(=O)N[C@@H](C)c2ccc(OC)cc2)s1. The number of carbonyl (C=O) groups excluding carboxylic acids is 1. The van der Waals surface area contributed by atoms with Gasteiger partial charge in [0.05, 0.1) is 18.0 Å². The van der Waals surface area contributed by atoms with E-state index in [9.17, 15) is 4.79 Å². The van der Waals surface area contributed by atoms with E-state index in [-0.39, 0.29) is 11.9 Å². The molecule has 1 amide bonds. The summed E-state index contributed by atoms with van der Waals surface area (Å²) >= 11 is 1.55. The lowest BCUT2D eigenvalue weighted by molar-refractivity contribution is 0.0944. The molecule has 0 bridgehead atoms. The number of benzene rings is 1. The zero-order valence-electron chi connectivity index (χ0n) is 12.0. The van der Waals surface area contributed by atoms with Crippen LogP contribution in [-0.2, 0) is 6.42 Å². The van der Waals surface area contributed by atoms with E-state index in [1.54, 1.807) is 18.4 Å². The van der Waals surface area contributed by atoms with Crippen molar-refractivity contribution in [1.29, 1.82) is 0 Å². The molecule has 2 aromatic rings. The predicted molar refractivity (Wildman–Crippen MR) is 82.6 cm³/mol. The minimum absolute atomic E-state index is 0.0157. The highest BCUT2D eigenvalue weighted by molar-refractivity contribution is 7.14. The Kier molecular flexibility index (Phi) is 4.79. The molecule has 0 saturated heterocycles. The van der Waals surface area contributed by atoms with Crippen LogP contribution in [0.3, 0.4) is 0 Å². The van der Waals surface area contributed by atoms with Gasteiger partial charge >= 0.3 is 0 Å². The van der Waals surface area contributed by atoms with Crippen molar-refractivity contribution in [2.75, 3.05) is 7.11 Å². The molecule has 0 saturated carbocycles. The molecule has 20 heavy (non-hydrogen) atoms. The van der Waals surface area contributed by atoms with Gasteiger partial charge in [-0.05, 0) is 43.2 Å². The molecular weight excluding hydrogens is 270 g/mol. The van der Waals surface area contributed by atoms with Crippen LogP contribution in [0.25, 0.3) is 0 Å². The first-order valence-electron chi connectivity index (χ1n) is 6.67. The third-order valence-corrected chi connectivity index (χ3v) is 4.43. The molecule has 1 aromatic heterocycles. The van der Waals surface area contributed by atoms with Crippen molar-refractivity contribution < 1.29 is 9.53 Å². The maximum absolute atomic E-state index is 12.2. The average Bonchev–Trinajstić information content (AvgIpc) is 2.96. The number of hydrogen-bond acceptors (Lipinski definition) is 3. The second kappa shape index (κ2) is 6.57. The van der Waals surface area contributed by atoms with Crippen LogP contribution in [0.4, 0.5) is 0 Å². The fourth-order valence-corrected chi connectivity index (χ4v) is 2.78. The van der Waals surface area contributed by atoms with Gasteiger partial charge in [-0.2, -0.15) is 0 Å². The molecule has 106 valence electrons. The van der Waals surface area contributed by atoms with Crippen molar-refractivity contribution >= 4 is 17.2 Å². The molecule has 0 aliphatic heterocycles. The highest BCUT2D eigenvalue weighted by atomic mass is 32.1. The molecule has 0 unspecified atom stereocenters. The van der Waals surface area contributed by atoms with E-state index in [4.69, 9.17) is 4.74 Å². The first-order valence-corrected chi connectivity index (χ1v) is 7.49. The van der Waals surface area contributed by atoms with E-state index in [0.717, 1.165) is 22.6 Å². The number of carbonyl (C=O) groups is 1. The van der Waals surface area contributed by atoms with Crippen LogP contribution >= 0.6 is 11.3 Å². The Morgan fingerprint density at radius 2 is 1.95 bits per heavy atom. The van der Waals surface area contributed by atoms with Crippen LogP contribution in [0, 0.1) is 0 Å². The van der Waals surface area contributed by atoms with Gasteiger partial charge in [0.2, 0.25) is 0 Å². The maximum atomic E-state index is 12.2. The average molecular weight is 289 g/mol. The van der Waals surface area contributed by atoms with Gasteiger partial charge in [0.15, 0.2) is 0 Å². The normalized spacial score (nSPS) is 11.9. The zero-order valence-corrected chi connectivity index (χ0v) is 12.8. The molecule has 0 radical (unpaired) electrons. The van der Waals surface area contributed by atoms with Crippen molar-refractivity contribution in [1.82, 2.24) is 5.32 Å². The minimum atomic E-state index is -0.0272.